The molecule has 0 unspecified atom stereocenters. The molecule has 2 aliphatic heterocycles. The maximum atomic E-state index is 13.3. The molecule has 7 nitrogen and oxygen atoms in total. The van der Waals surface area contributed by atoms with Gasteiger partial charge in [0.05, 0.1) is 18.4 Å². The largest absolute Gasteiger partial charge is 0.497 e. The Labute approximate surface area is 175 Å². The van der Waals surface area contributed by atoms with Gasteiger partial charge in [0.15, 0.2) is 0 Å². The van der Waals surface area contributed by atoms with Crippen LogP contribution in [0.4, 0.5) is 5.69 Å². The predicted octanol–water partition coefficient (Wildman–Crippen LogP) is 2.27. The summed E-state index contributed by atoms with van der Waals surface area (Å²) in [4.78, 5) is 42.2. The Bertz CT molecular complexity index is 986. The van der Waals surface area contributed by atoms with Crippen molar-refractivity contribution in [2.24, 2.45) is 0 Å². The van der Waals surface area contributed by atoms with Crippen LogP contribution >= 0.6 is 0 Å². The molecule has 0 aromatic heterocycles. The molecule has 2 aromatic rings. The Kier molecular flexibility index (Phi) is 5.44. The molecule has 2 aromatic carbocycles. The van der Waals surface area contributed by atoms with Crippen LogP contribution in [0.1, 0.15) is 34.3 Å². The number of nitrogens with one attached hydrogen (secondary N) is 1. The number of hydrogen-bond acceptors (Lipinski definition) is 4. The van der Waals surface area contributed by atoms with Crippen LogP contribution in [0.5, 0.6) is 5.75 Å². The molecule has 0 saturated carbocycles. The summed E-state index contributed by atoms with van der Waals surface area (Å²) in [6, 6.07) is 12.3. The third kappa shape index (κ3) is 3.63. The van der Waals surface area contributed by atoms with Gasteiger partial charge in [-0.1, -0.05) is 24.3 Å². The molecular weight excluding hydrogens is 382 g/mol. The molecule has 1 atom stereocenters. The molecular formula is C23H25N3O4. The Morgan fingerprint density at radius 3 is 2.67 bits per heavy atom. The number of ether oxygens (including phenoxy) is 1. The van der Waals surface area contributed by atoms with E-state index in [1.165, 1.54) is 4.90 Å². The third-order valence-corrected chi connectivity index (χ3v) is 5.75. The van der Waals surface area contributed by atoms with E-state index < -0.39 is 6.04 Å². The molecule has 7 heteroatoms. The van der Waals surface area contributed by atoms with Crippen molar-refractivity contribution >= 4 is 23.4 Å². The lowest BCUT2D eigenvalue weighted by molar-refractivity contribution is -0.125. The van der Waals surface area contributed by atoms with Crippen molar-refractivity contribution in [1.82, 2.24) is 10.2 Å². The zero-order valence-electron chi connectivity index (χ0n) is 17.2. The summed E-state index contributed by atoms with van der Waals surface area (Å²) in [6.45, 7) is 2.66. The minimum Gasteiger partial charge on any atom is -0.497 e. The van der Waals surface area contributed by atoms with E-state index in [-0.39, 0.29) is 24.3 Å². The number of hydrogen-bond donors (Lipinski definition) is 1. The second-order valence-corrected chi connectivity index (χ2v) is 7.68. The van der Waals surface area contributed by atoms with E-state index in [4.69, 9.17) is 4.74 Å². The molecule has 1 fully saturated rings. The molecule has 4 rings (SSSR count). The van der Waals surface area contributed by atoms with Gasteiger partial charge in [0, 0.05) is 13.1 Å². The molecule has 2 heterocycles. The summed E-state index contributed by atoms with van der Waals surface area (Å²) >= 11 is 0. The first-order valence-electron chi connectivity index (χ1n) is 10.1. The van der Waals surface area contributed by atoms with E-state index in [1.54, 1.807) is 18.1 Å². The molecule has 0 aliphatic carbocycles. The van der Waals surface area contributed by atoms with Crippen LogP contribution in [0.15, 0.2) is 42.5 Å². The summed E-state index contributed by atoms with van der Waals surface area (Å²) in [6.07, 6.45) is 1.42. The van der Waals surface area contributed by atoms with Crippen LogP contribution in [-0.2, 0) is 16.1 Å². The standard InChI is InChI=1S/C23H25N3O4/c1-15-5-3-6-18-21(15)26(23(29)19-7-4-12-25(19)22(18)28)14-20(27)24-13-16-8-10-17(30-2)11-9-16/h3,5-6,8-11,19H,4,7,12-14H2,1-2H3,(H,24,27)/t19-/m1/s1. The van der Waals surface area contributed by atoms with Crippen molar-refractivity contribution in [3.05, 3.63) is 59.2 Å². The van der Waals surface area contributed by atoms with Crippen molar-refractivity contribution < 1.29 is 19.1 Å². The quantitative estimate of drug-likeness (QED) is 0.825. The molecule has 156 valence electrons. The lowest BCUT2D eigenvalue weighted by Crippen LogP contribution is -2.48. The molecule has 0 radical (unpaired) electrons. The van der Waals surface area contributed by atoms with Crippen LogP contribution in [0.25, 0.3) is 0 Å². The highest BCUT2D eigenvalue weighted by Gasteiger charge is 2.42. The average molecular weight is 407 g/mol. The van der Waals surface area contributed by atoms with Crippen molar-refractivity contribution in [1.29, 1.82) is 0 Å². The first kappa shape index (κ1) is 19.9. The number of para-hydroxylation sites is 1. The summed E-state index contributed by atoms with van der Waals surface area (Å²) in [5, 5.41) is 2.87. The van der Waals surface area contributed by atoms with Gasteiger partial charge in [-0.2, -0.15) is 0 Å². The number of nitrogens with zero attached hydrogens (tertiary/aromatic N) is 2. The summed E-state index contributed by atoms with van der Waals surface area (Å²) in [5.41, 5.74) is 2.76. The van der Waals surface area contributed by atoms with Crippen LogP contribution in [0, 0.1) is 6.92 Å². The van der Waals surface area contributed by atoms with Gasteiger partial charge in [-0.3, -0.25) is 14.4 Å². The third-order valence-electron chi connectivity index (χ3n) is 5.75. The van der Waals surface area contributed by atoms with Crippen molar-refractivity contribution in [2.45, 2.75) is 32.4 Å². The maximum absolute atomic E-state index is 13.3. The van der Waals surface area contributed by atoms with Gasteiger partial charge in [-0.15, -0.1) is 0 Å². The van der Waals surface area contributed by atoms with Crippen molar-refractivity contribution in [3.8, 4) is 5.75 Å². The first-order valence-corrected chi connectivity index (χ1v) is 10.1. The zero-order chi connectivity index (χ0) is 21.3. The number of carbonyl (C=O) groups excluding carboxylic acids is 3. The minimum absolute atomic E-state index is 0.121. The topological polar surface area (TPSA) is 79.0 Å². The Morgan fingerprint density at radius 1 is 1.17 bits per heavy atom. The van der Waals surface area contributed by atoms with Gasteiger partial charge < -0.3 is 19.9 Å². The van der Waals surface area contributed by atoms with Crippen molar-refractivity contribution in [2.75, 3.05) is 25.1 Å². The van der Waals surface area contributed by atoms with Gasteiger partial charge in [0.25, 0.3) is 5.91 Å². The minimum atomic E-state index is -0.501. The van der Waals surface area contributed by atoms with Gasteiger partial charge in [-0.05, 0) is 49.1 Å². The van der Waals surface area contributed by atoms with Gasteiger partial charge in [0.1, 0.15) is 18.3 Å². The summed E-state index contributed by atoms with van der Waals surface area (Å²) < 4.78 is 5.14. The fourth-order valence-electron chi connectivity index (χ4n) is 4.20. The van der Waals surface area contributed by atoms with Gasteiger partial charge in [0.2, 0.25) is 11.8 Å². The highest BCUT2D eigenvalue weighted by atomic mass is 16.5. The second-order valence-electron chi connectivity index (χ2n) is 7.68. The zero-order valence-corrected chi connectivity index (χ0v) is 17.2. The van der Waals surface area contributed by atoms with E-state index in [0.717, 1.165) is 23.3 Å². The number of rotatable bonds is 5. The number of methoxy groups -OCH3 is 1. The number of anilines is 1. The lowest BCUT2D eigenvalue weighted by atomic mass is 10.1. The van der Waals surface area contributed by atoms with E-state index in [1.807, 2.05) is 43.3 Å². The molecule has 0 bridgehead atoms. The fraction of sp³-hybridized carbons (Fsp3) is 0.348. The summed E-state index contributed by atoms with van der Waals surface area (Å²) in [7, 11) is 1.60. The fourth-order valence-corrected chi connectivity index (χ4v) is 4.20. The van der Waals surface area contributed by atoms with E-state index in [0.29, 0.717) is 30.8 Å². The highest BCUT2D eigenvalue weighted by molar-refractivity contribution is 6.13. The van der Waals surface area contributed by atoms with Crippen LogP contribution < -0.4 is 15.0 Å². The van der Waals surface area contributed by atoms with E-state index in [9.17, 15) is 14.4 Å². The monoisotopic (exact) mass is 407 g/mol. The van der Waals surface area contributed by atoms with Crippen LogP contribution in [0.3, 0.4) is 0 Å². The first-order chi connectivity index (χ1) is 14.5. The number of fused-ring (bicyclic) bond motifs is 2. The predicted molar refractivity (Wildman–Crippen MR) is 112 cm³/mol. The van der Waals surface area contributed by atoms with Crippen molar-refractivity contribution in [3.63, 3.8) is 0 Å². The highest BCUT2D eigenvalue weighted by Crippen LogP contribution is 2.34. The molecule has 2 aliphatic rings. The Balaban J connectivity index is 1.55. The number of carbonyl (C=O) groups is 3. The smallest absolute Gasteiger partial charge is 0.256 e. The van der Waals surface area contributed by atoms with E-state index in [2.05, 4.69) is 5.32 Å². The summed E-state index contributed by atoms with van der Waals surface area (Å²) in [5.74, 6) is 0.157. The van der Waals surface area contributed by atoms with E-state index >= 15 is 0 Å². The molecule has 0 spiro atoms. The maximum Gasteiger partial charge on any atom is 0.256 e. The number of amides is 3. The average Bonchev–Trinajstić information content (AvgIpc) is 3.23. The van der Waals surface area contributed by atoms with Crippen LogP contribution in [-0.4, -0.2) is 48.9 Å². The molecule has 1 saturated heterocycles. The SMILES string of the molecule is COc1ccc(CNC(=O)CN2C(=O)[C@H]3CCCN3C(=O)c3cccc(C)c32)cc1. The number of benzene rings is 2. The number of aryl methyl sites for hydroxylation is 1. The van der Waals surface area contributed by atoms with Gasteiger partial charge in [-0.25, -0.2) is 0 Å². The Morgan fingerprint density at radius 2 is 1.93 bits per heavy atom. The van der Waals surface area contributed by atoms with Crippen LogP contribution in [0.2, 0.25) is 0 Å². The molecule has 1 N–H and O–H groups in total. The molecule has 3 amide bonds. The second kappa shape index (κ2) is 8.18. The van der Waals surface area contributed by atoms with Gasteiger partial charge >= 0.3 is 0 Å². The lowest BCUT2D eigenvalue weighted by Gasteiger charge is -2.26. The normalized spacial score (nSPS) is 18.0. The Hall–Kier alpha value is -3.35. The molecule has 30 heavy (non-hydrogen) atoms.